The van der Waals surface area contributed by atoms with E-state index in [-0.39, 0.29) is 0 Å². The van der Waals surface area contributed by atoms with Crippen molar-refractivity contribution in [2.24, 2.45) is 0 Å². The molecule has 1 aromatic heterocycles. The van der Waals surface area contributed by atoms with Crippen molar-refractivity contribution in [1.29, 1.82) is 0 Å². The first-order chi connectivity index (χ1) is 21.6. The Bertz CT molecular complexity index is 1360. The van der Waals surface area contributed by atoms with Crippen LogP contribution in [0.2, 0.25) is 0 Å². The zero-order valence-electron chi connectivity index (χ0n) is 26.9. The molecule has 0 saturated carbocycles. The summed E-state index contributed by atoms with van der Waals surface area (Å²) in [6.07, 6.45) is 23.2. The van der Waals surface area contributed by atoms with E-state index in [1.54, 1.807) is 0 Å². The van der Waals surface area contributed by atoms with Gasteiger partial charge in [-0.25, -0.2) is 4.99 Å². The van der Waals surface area contributed by atoms with Crippen LogP contribution in [0.15, 0.2) is 103 Å². The minimum Gasteiger partial charge on any atom is -0.375 e. The van der Waals surface area contributed by atoms with E-state index in [2.05, 4.69) is 151 Å². The first-order valence-electron chi connectivity index (χ1n) is 15.7. The fourth-order valence-electron chi connectivity index (χ4n) is 4.49. The van der Waals surface area contributed by atoms with E-state index in [0.29, 0.717) is 0 Å². The van der Waals surface area contributed by atoms with Gasteiger partial charge in [0, 0.05) is 74.4 Å². The van der Waals surface area contributed by atoms with Crippen molar-refractivity contribution in [2.45, 2.75) is 33.2 Å². The molecule has 1 N–H and O–H groups in total. The molecule has 3 rings (SSSR count). The molecule has 0 radical (unpaired) electrons. The van der Waals surface area contributed by atoms with Crippen molar-refractivity contribution in [1.82, 2.24) is 0 Å². The smallest absolute Gasteiger partial charge is 0.205 e. The van der Waals surface area contributed by atoms with Crippen molar-refractivity contribution in [3.63, 3.8) is 0 Å². The van der Waals surface area contributed by atoms with Gasteiger partial charge in [0.2, 0.25) is 5.69 Å². The van der Waals surface area contributed by atoms with Gasteiger partial charge in [0.25, 0.3) is 0 Å². The zero-order valence-corrected chi connectivity index (χ0v) is 28.6. The van der Waals surface area contributed by atoms with E-state index in [9.17, 15) is 0 Å². The Balaban J connectivity index is 1.26. The second kappa shape index (κ2) is 21.3. The fourth-order valence-corrected chi connectivity index (χ4v) is 6.63. The number of aryl methyl sites for hydroxylation is 1. The van der Waals surface area contributed by atoms with Crippen molar-refractivity contribution in [2.75, 3.05) is 55.0 Å². The standard InChI is InChI=1S/C38H49N4S2/c1-5-39-28-12-9-7-8-10-16-34-18-23-36(24-19-34)40(3)29-14-32-43-44-33-15-30-41(4)37-25-20-35(21-26-37)22-27-38-17-11-13-31-42(38)6-2/h7-13,16-28,31H,5-6,14-15,29-30,32-33H2,1-4H3/q+1/p+1/b8-7+,12-9-,16-10+,39-28?. The summed E-state index contributed by atoms with van der Waals surface area (Å²) < 4.78 is 2.25. The van der Waals surface area contributed by atoms with E-state index >= 15 is 0 Å². The molecular weight excluding hydrogens is 577 g/mol. The van der Waals surface area contributed by atoms with Gasteiger partial charge in [0.05, 0.1) is 0 Å². The van der Waals surface area contributed by atoms with Crippen LogP contribution in [0.25, 0.3) is 18.2 Å². The number of hydrogen-bond acceptors (Lipinski definition) is 4. The molecule has 0 unspecified atom stereocenters. The number of hydrogen-bond donors (Lipinski definition) is 1. The van der Waals surface area contributed by atoms with Gasteiger partial charge in [0.15, 0.2) is 12.4 Å². The molecule has 0 fully saturated rings. The van der Waals surface area contributed by atoms with E-state index in [1.165, 1.54) is 52.5 Å². The molecule has 44 heavy (non-hydrogen) atoms. The maximum Gasteiger partial charge on any atom is 0.205 e. The van der Waals surface area contributed by atoms with Gasteiger partial charge in [-0.1, -0.05) is 76.2 Å². The molecule has 0 saturated heterocycles. The summed E-state index contributed by atoms with van der Waals surface area (Å²) in [5.74, 6) is 2.35. The molecule has 0 aliphatic rings. The molecule has 0 aliphatic carbocycles. The molecule has 0 aliphatic heterocycles. The Morgan fingerprint density at radius 1 is 0.659 bits per heavy atom. The van der Waals surface area contributed by atoms with E-state index < -0.39 is 0 Å². The fraction of sp³-hybridized carbons (Fsp3) is 0.316. The summed E-state index contributed by atoms with van der Waals surface area (Å²) in [5, 5.41) is 0. The molecule has 1 heterocycles. The minimum atomic E-state index is 0.946. The van der Waals surface area contributed by atoms with Crippen LogP contribution in [-0.2, 0) is 6.54 Å². The van der Waals surface area contributed by atoms with E-state index in [1.807, 2.05) is 46.0 Å². The van der Waals surface area contributed by atoms with Crippen molar-refractivity contribution >= 4 is 57.4 Å². The average molecular weight is 627 g/mol. The van der Waals surface area contributed by atoms with Gasteiger partial charge in [-0.2, -0.15) is 4.57 Å². The molecule has 2 aromatic carbocycles. The number of allylic oxidation sites excluding steroid dienone is 5. The number of benzene rings is 2. The number of nitrogens with one attached hydrogen (secondary N) is 1. The summed E-state index contributed by atoms with van der Waals surface area (Å²) in [5.41, 5.74) is 6.20. The predicted molar refractivity (Wildman–Crippen MR) is 200 cm³/mol. The highest BCUT2D eigenvalue weighted by Gasteiger charge is 2.04. The first-order valence-corrected chi connectivity index (χ1v) is 18.2. The molecule has 0 atom stereocenters. The van der Waals surface area contributed by atoms with Crippen LogP contribution < -0.4 is 19.4 Å². The van der Waals surface area contributed by atoms with E-state index in [0.717, 1.165) is 26.2 Å². The second-order valence-electron chi connectivity index (χ2n) is 10.5. The van der Waals surface area contributed by atoms with Crippen LogP contribution in [0.3, 0.4) is 0 Å². The lowest BCUT2D eigenvalue weighted by Gasteiger charge is -2.20. The molecule has 6 heteroatoms. The Hall–Kier alpha value is -3.48. The van der Waals surface area contributed by atoms with Gasteiger partial charge < -0.3 is 9.80 Å². The maximum absolute atomic E-state index is 3.15. The van der Waals surface area contributed by atoms with Gasteiger partial charge in [-0.15, -0.1) is 0 Å². The summed E-state index contributed by atoms with van der Waals surface area (Å²) >= 11 is 0. The third-order valence-corrected chi connectivity index (χ3v) is 9.69. The van der Waals surface area contributed by atoms with Crippen LogP contribution in [0, 0.1) is 0 Å². The Morgan fingerprint density at radius 2 is 1.23 bits per heavy atom. The topological polar surface area (TPSA) is 24.3 Å². The van der Waals surface area contributed by atoms with Gasteiger partial charge in [-0.05, 0) is 74.2 Å². The Labute approximate surface area is 274 Å². The quantitative estimate of drug-likeness (QED) is 0.0500. The molecule has 3 aromatic rings. The van der Waals surface area contributed by atoms with E-state index in [4.69, 9.17) is 0 Å². The molecule has 0 bridgehead atoms. The van der Waals surface area contributed by atoms with Crippen LogP contribution in [0.4, 0.5) is 11.4 Å². The largest absolute Gasteiger partial charge is 0.375 e. The highest BCUT2D eigenvalue weighted by Crippen LogP contribution is 2.24. The summed E-state index contributed by atoms with van der Waals surface area (Å²) in [4.78, 5) is 7.86. The normalized spacial score (nSPS) is 12.1. The highest BCUT2D eigenvalue weighted by molar-refractivity contribution is 8.76. The summed E-state index contributed by atoms with van der Waals surface area (Å²) in [7, 11) is 8.38. The number of rotatable bonds is 19. The van der Waals surface area contributed by atoms with Gasteiger partial charge in [0.1, 0.15) is 13.1 Å². The summed E-state index contributed by atoms with van der Waals surface area (Å²) in [6.45, 7) is 8.31. The lowest BCUT2D eigenvalue weighted by atomic mass is 10.1. The van der Waals surface area contributed by atoms with Gasteiger partial charge >= 0.3 is 0 Å². The molecular formula is C38H50N4S2+2. The first kappa shape index (κ1) is 35.0. The average Bonchev–Trinajstić information content (AvgIpc) is 3.06. The predicted octanol–water partition coefficient (Wildman–Crippen LogP) is 7.20. The minimum absolute atomic E-state index is 0.946. The van der Waals surface area contributed by atoms with Crippen molar-refractivity contribution in [3.05, 3.63) is 120 Å². The van der Waals surface area contributed by atoms with Gasteiger partial charge in [-0.3, -0.25) is 0 Å². The Morgan fingerprint density at radius 3 is 1.82 bits per heavy atom. The third kappa shape index (κ3) is 13.4. The lowest BCUT2D eigenvalue weighted by molar-refractivity contribution is -0.695. The SMILES string of the molecule is CC[NH+]=C\C=C/C=C/C=C/c1ccc(N(C)CCCSSCCCN(C)c2ccc(/C=C/c3cccc[n+]3CC)cc2)cc1. The van der Waals surface area contributed by atoms with Crippen LogP contribution >= 0.6 is 21.6 Å². The molecule has 4 nitrogen and oxygen atoms in total. The Kier molecular flexibility index (Phi) is 16.9. The number of pyridine rings is 1. The molecule has 0 amide bonds. The second-order valence-corrected chi connectivity index (χ2v) is 13.2. The number of nitrogens with zero attached hydrogens (tertiary/aromatic N) is 3. The van der Waals surface area contributed by atoms with Crippen LogP contribution in [0.5, 0.6) is 0 Å². The number of aromatic nitrogens is 1. The van der Waals surface area contributed by atoms with Crippen LogP contribution in [0.1, 0.15) is 43.5 Å². The molecule has 232 valence electrons. The monoisotopic (exact) mass is 626 g/mol. The number of anilines is 2. The zero-order chi connectivity index (χ0) is 31.2. The van der Waals surface area contributed by atoms with Crippen LogP contribution in [-0.4, -0.2) is 51.4 Å². The summed E-state index contributed by atoms with van der Waals surface area (Å²) in [6, 6.07) is 24.0. The third-order valence-electron chi connectivity index (χ3n) is 7.11. The molecule has 0 spiro atoms. The highest BCUT2D eigenvalue weighted by atomic mass is 33.1. The lowest BCUT2D eigenvalue weighted by Crippen LogP contribution is -2.67. The maximum atomic E-state index is 3.15. The van der Waals surface area contributed by atoms with Crippen molar-refractivity contribution < 1.29 is 9.56 Å². The van der Waals surface area contributed by atoms with Crippen molar-refractivity contribution in [3.8, 4) is 0 Å².